The van der Waals surface area contributed by atoms with Gasteiger partial charge in [-0.05, 0) is 20.8 Å². The molecule has 6 heteroatoms. The van der Waals surface area contributed by atoms with Gasteiger partial charge in [-0.15, -0.1) is 0 Å². The number of hydrogen-bond donors (Lipinski definition) is 1. The minimum atomic E-state index is -0.574. The average molecular weight is 239 g/mol. The molecule has 1 heterocycles. The molecule has 0 atom stereocenters. The number of Topliss-reactive ketones (excluding diaryl/α,β-unsaturated/α-hetero) is 1. The molecule has 94 valence electrons. The quantitative estimate of drug-likeness (QED) is 0.801. The van der Waals surface area contributed by atoms with Crippen LogP contribution in [0.2, 0.25) is 0 Å². The van der Waals surface area contributed by atoms with Gasteiger partial charge in [0.2, 0.25) is 0 Å². The first kappa shape index (κ1) is 13.2. The van der Waals surface area contributed by atoms with Crippen molar-refractivity contribution in [3.63, 3.8) is 0 Å². The number of amides is 1. The number of carbonyl (C=O) groups is 2. The number of ether oxygens (including phenoxy) is 1. The maximum absolute atomic E-state index is 11.5. The summed E-state index contributed by atoms with van der Waals surface area (Å²) >= 11 is 0. The molecular formula is C11H17N3O3. The second-order valence-electron chi connectivity index (χ2n) is 4.72. The lowest BCUT2D eigenvalue weighted by Crippen LogP contribution is -2.27. The van der Waals surface area contributed by atoms with Gasteiger partial charge in [-0.2, -0.15) is 5.10 Å². The molecule has 0 radical (unpaired) electrons. The molecule has 17 heavy (non-hydrogen) atoms. The van der Waals surface area contributed by atoms with Crippen molar-refractivity contribution in [3.05, 3.63) is 11.8 Å². The summed E-state index contributed by atoms with van der Waals surface area (Å²) in [6, 6.07) is 1.51. The molecule has 1 aromatic rings. The Bertz CT molecular complexity index is 443. The molecule has 1 N–H and O–H groups in total. The van der Waals surface area contributed by atoms with Crippen LogP contribution in [0.5, 0.6) is 0 Å². The Morgan fingerprint density at radius 2 is 2.00 bits per heavy atom. The first-order valence-corrected chi connectivity index (χ1v) is 5.24. The zero-order valence-electron chi connectivity index (χ0n) is 10.7. The second kappa shape index (κ2) is 4.57. The fourth-order valence-corrected chi connectivity index (χ4v) is 1.16. The topological polar surface area (TPSA) is 73.2 Å². The van der Waals surface area contributed by atoms with E-state index >= 15 is 0 Å². The Morgan fingerprint density at radius 3 is 2.41 bits per heavy atom. The zero-order chi connectivity index (χ0) is 13.2. The Kier molecular flexibility index (Phi) is 3.55. The predicted octanol–water partition coefficient (Wildman–Crippen LogP) is 1.97. The van der Waals surface area contributed by atoms with Crippen LogP contribution < -0.4 is 5.32 Å². The molecule has 0 aliphatic carbocycles. The van der Waals surface area contributed by atoms with E-state index in [1.54, 1.807) is 27.8 Å². The molecule has 0 spiro atoms. The van der Waals surface area contributed by atoms with Crippen molar-refractivity contribution in [1.82, 2.24) is 9.78 Å². The highest BCUT2D eigenvalue weighted by atomic mass is 16.6. The van der Waals surface area contributed by atoms with Crippen LogP contribution in [0.25, 0.3) is 0 Å². The van der Waals surface area contributed by atoms with Gasteiger partial charge in [0.1, 0.15) is 17.1 Å². The van der Waals surface area contributed by atoms with Gasteiger partial charge in [-0.25, -0.2) is 4.79 Å². The normalized spacial score (nSPS) is 11.1. The Labute approximate surface area is 99.9 Å². The summed E-state index contributed by atoms with van der Waals surface area (Å²) in [7, 11) is 1.64. The number of anilines is 1. The van der Waals surface area contributed by atoms with Crippen molar-refractivity contribution >= 4 is 17.7 Å². The lowest BCUT2D eigenvalue weighted by atomic mass is 10.2. The van der Waals surface area contributed by atoms with Gasteiger partial charge in [0.15, 0.2) is 5.78 Å². The zero-order valence-corrected chi connectivity index (χ0v) is 10.7. The maximum atomic E-state index is 11.5. The average Bonchev–Trinajstić information content (AvgIpc) is 2.44. The van der Waals surface area contributed by atoms with Gasteiger partial charge in [-0.1, -0.05) is 0 Å². The van der Waals surface area contributed by atoms with Crippen LogP contribution in [-0.4, -0.2) is 27.3 Å². The Hall–Kier alpha value is -1.85. The molecule has 0 aliphatic heterocycles. The smallest absolute Gasteiger partial charge is 0.413 e. The fourth-order valence-electron chi connectivity index (χ4n) is 1.16. The summed E-state index contributed by atoms with van der Waals surface area (Å²) < 4.78 is 6.51. The molecule has 0 aliphatic rings. The Morgan fingerprint density at radius 1 is 1.41 bits per heavy atom. The van der Waals surface area contributed by atoms with E-state index in [0.29, 0.717) is 11.5 Å². The molecule has 1 aromatic heterocycles. The van der Waals surface area contributed by atoms with E-state index in [1.165, 1.54) is 17.7 Å². The fraction of sp³-hybridized carbons (Fsp3) is 0.545. The van der Waals surface area contributed by atoms with Crippen molar-refractivity contribution in [2.75, 3.05) is 5.32 Å². The standard InChI is InChI=1S/C11H17N3O3/c1-7(15)8-6-9(14(5)13-8)12-10(16)17-11(2,3)4/h6H,1-5H3,(H,12,16). The SMILES string of the molecule is CC(=O)c1cc(NC(=O)OC(C)(C)C)n(C)n1. The van der Waals surface area contributed by atoms with Crippen molar-refractivity contribution in [2.24, 2.45) is 7.05 Å². The number of hydrogen-bond acceptors (Lipinski definition) is 4. The molecule has 1 rings (SSSR count). The molecular weight excluding hydrogens is 222 g/mol. The summed E-state index contributed by atoms with van der Waals surface area (Å²) in [5, 5.41) is 6.49. The van der Waals surface area contributed by atoms with E-state index in [9.17, 15) is 9.59 Å². The summed E-state index contributed by atoms with van der Waals surface area (Å²) in [6.45, 7) is 6.74. The van der Waals surface area contributed by atoms with Crippen molar-refractivity contribution in [2.45, 2.75) is 33.3 Å². The minimum absolute atomic E-state index is 0.155. The third-order valence-electron chi connectivity index (χ3n) is 1.87. The van der Waals surface area contributed by atoms with Crippen LogP contribution in [0.15, 0.2) is 6.07 Å². The van der Waals surface area contributed by atoms with E-state index in [-0.39, 0.29) is 5.78 Å². The van der Waals surface area contributed by atoms with Crippen molar-refractivity contribution in [1.29, 1.82) is 0 Å². The van der Waals surface area contributed by atoms with Crippen LogP contribution in [0.4, 0.5) is 10.6 Å². The molecule has 0 saturated carbocycles. The van der Waals surface area contributed by atoms with E-state index in [2.05, 4.69) is 10.4 Å². The second-order valence-corrected chi connectivity index (χ2v) is 4.72. The van der Waals surface area contributed by atoms with Crippen LogP contribution in [0.1, 0.15) is 38.2 Å². The minimum Gasteiger partial charge on any atom is -0.444 e. The summed E-state index contributed by atoms with van der Waals surface area (Å²) in [6.07, 6.45) is -0.574. The molecule has 0 bridgehead atoms. The van der Waals surface area contributed by atoms with Gasteiger partial charge >= 0.3 is 6.09 Å². The van der Waals surface area contributed by atoms with E-state index in [0.717, 1.165) is 0 Å². The van der Waals surface area contributed by atoms with E-state index < -0.39 is 11.7 Å². The van der Waals surface area contributed by atoms with Gasteiger partial charge in [0.25, 0.3) is 0 Å². The molecule has 0 fully saturated rings. The summed E-state index contributed by atoms with van der Waals surface area (Å²) in [5.74, 6) is 0.266. The number of ketones is 1. The van der Waals surface area contributed by atoms with Crippen LogP contribution in [-0.2, 0) is 11.8 Å². The number of rotatable bonds is 2. The van der Waals surface area contributed by atoms with E-state index in [4.69, 9.17) is 4.74 Å². The molecule has 0 saturated heterocycles. The highest BCUT2D eigenvalue weighted by Gasteiger charge is 2.18. The maximum Gasteiger partial charge on any atom is 0.413 e. The predicted molar refractivity (Wildman–Crippen MR) is 63.1 cm³/mol. The summed E-state index contributed by atoms with van der Waals surface area (Å²) in [5.41, 5.74) is -0.259. The van der Waals surface area contributed by atoms with Gasteiger partial charge in [0.05, 0.1) is 0 Å². The monoisotopic (exact) mass is 239 g/mol. The molecule has 1 amide bonds. The van der Waals surface area contributed by atoms with Crippen LogP contribution in [0, 0.1) is 0 Å². The summed E-state index contributed by atoms with van der Waals surface area (Å²) in [4.78, 5) is 22.6. The van der Waals surface area contributed by atoms with E-state index in [1.807, 2.05) is 0 Å². The number of aromatic nitrogens is 2. The lowest BCUT2D eigenvalue weighted by Gasteiger charge is -2.19. The molecule has 0 aromatic carbocycles. The van der Waals surface area contributed by atoms with Crippen molar-refractivity contribution < 1.29 is 14.3 Å². The Balaban J connectivity index is 2.75. The van der Waals surface area contributed by atoms with Gasteiger partial charge in [0, 0.05) is 20.0 Å². The molecule has 0 unspecified atom stereocenters. The van der Waals surface area contributed by atoms with Gasteiger partial charge < -0.3 is 4.74 Å². The number of carbonyl (C=O) groups excluding carboxylic acids is 2. The van der Waals surface area contributed by atoms with Crippen molar-refractivity contribution in [3.8, 4) is 0 Å². The lowest BCUT2D eigenvalue weighted by molar-refractivity contribution is 0.0634. The highest BCUT2D eigenvalue weighted by molar-refractivity contribution is 5.94. The first-order chi connectivity index (χ1) is 7.69. The number of nitrogens with one attached hydrogen (secondary N) is 1. The third kappa shape index (κ3) is 3.90. The highest BCUT2D eigenvalue weighted by Crippen LogP contribution is 2.12. The van der Waals surface area contributed by atoms with Crippen LogP contribution in [0.3, 0.4) is 0 Å². The molecule has 6 nitrogen and oxygen atoms in total. The largest absolute Gasteiger partial charge is 0.444 e. The number of aryl methyl sites for hydroxylation is 1. The number of nitrogens with zero attached hydrogens (tertiary/aromatic N) is 2. The van der Waals surface area contributed by atoms with Crippen LogP contribution >= 0.6 is 0 Å². The third-order valence-corrected chi connectivity index (χ3v) is 1.87. The van der Waals surface area contributed by atoms with Gasteiger partial charge in [-0.3, -0.25) is 14.8 Å². The first-order valence-electron chi connectivity index (χ1n) is 5.24.